The summed E-state index contributed by atoms with van der Waals surface area (Å²) >= 11 is 1.34. The van der Waals surface area contributed by atoms with Gasteiger partial charge < -0.3 is 5.32 Å². The van der Waals surface area contributed by atoms with E-state index in [2.05, 4.69) is 10.3 Å². The number of carbonyl (C=O) groups excluding carboxylic acids is 2. The zero-order valence-corrected chi connectivity index (χ0v) is 22.8. The van der Waals surface area contributed by atoms with E-state index in [-0.39, 0.29) is 29.9 Å². The fraction of sp³-hybridized carbons (Fsp3) is 0.125. The molecule has 6 rings (SSSR count). The van der Waals surface area contributed by atoms with Crippen molar-refractivity contribution in [1.82, 2.24) is 20.1 Å². The van der Waals surface area contributed by atoms with E-state index in [0.29, 0.717) is 29.2 Å². The number of rotatable bonds is 7. The second kappa shape index (κ2) is 11.8. The summed E-state index contributed by atoms with van der Waals surface area (Å²) in [6, 6.07) is 29.4. The van der Waals surface area contributed by atoms with E-state index in [1.165, 1.54) is 22.7 Å². The fourth-order valence-corrected chi connectivity index (χ4v) is 6.13. The minimum Gasteiger partial charge on any atom is -0.350 e. The molecule has 1 unspecified atom stereocenters. The molecule has 41 heavy (non-hydrogen) atoms. The standard InChI is InChI=1S/C32H26FN5O2S/c33-26-14-8-7-13-25(26)31-29-30(23-9-3-1-4-10-23)36-38(24-11-5-2-6-12-24)32(29)37(28(40)21-41-31)20-27(39)35-19-22-15-17-34-18-16-22/h1-18,31H,19-21H2,(H,35,39). The molecule has 1 aliphatic rings. The molecule has 1 aliphatic heterocycles. The third-order valence-corrected chi connectivity index (χ3v) is 8.10. The normalized spacial score (nSPS) is 14.8. The number of halogens is 1. The third-order valence-electron chi connectivity index (χ3n) is 6.87. The number of anilines is 1. The first-order valence-corrected chi connectivity index (χ1v) is 14.2. The Morgan fingerprint density at radius 2 is 1.61 bits per heavy atom. The number of hydrogen-bond donors (Lipinski definition) is 1. The molecule has 9 heteroatoms. The van der Waals surface area contributed by atoms with E-state index in [9.17, 15) is 9.59 Å². The molecule has 0 saturated heterocycles. The minimum atomic E-state index is -0.535. The Morgan fingerprint density at radius 1 is 0.927 bits per heavy atom. The average Bonchev–Trinajstić information content (AvgIpc) is 3.35. The van der Waals surface area contributed by atoms with E-state index in [0.717, 1.165) is 16.8 Å². The van der Waals surface area contributed by atoms with Crippen LogP contribution >= 0.6 is 11.8 Å². The molecular formula is C32H26FN5O2S. The Hall–Kier alpha value is -4.76. The van der Waals surface area contributed by atoms with Crippen molar-refractivity contribution in [3.8, 4) is 16.9 Å². The van der Waals surface area contributed by atoms with Gasteiger partial charge in [0.1, 0.15) is 18.2 Å². The van der Waals surface area contributed by atoms with Crippen LogP contribution in [0, 0.1) is 5.82 Å². The monoisotopic (exact) mass is 563 g/mol. The molecule has 1 atom stereocenters. The van der Waals surface area contributed by atoms with Crippen LogP contribution in [0.5, 0.6) is 0 Å². The van der Waals surface area contributed by atoms with Gasteiger partial charge in [-0.05, 0) is 35.9 Å². The van der Waals surface area contributed by atoms with Crippen molar-refractivity contribution in [1.29, 1.82) is 0 Å². The van der Waals surface area contributed by atoms with E-state index >= 15 is 4.39 Å². The van der Waals surface area contributed by atoms with Gasteiger partial charge in [0.05, 0.1) is 22.4 Å². The van der Waals surface area contributed by atoms with Gasteiger partial charge in [-0.15, -0.1) is 11.8 Å². The van der Waals surface area contributed by atoms with Crippen molar-refractivity contribution in [2.45, 2.75) is 11.8 Å². The zero-order chi connectivity index (χ0) is 28.2. The molecule has 0 saturated carbocycles. The van der Waals surface area contributed by atoms with Crippen LogP contribution in [0.4, 0.5) is 10.2 Å². The van der Waals surface area contributed by atoms with Crippen LogP contribution in [-0.4, -0.2) is 38.9 Å². The summed E-state index contributed by atoms with van der Waals surface area (Å²) in [6.45, 7) is 0.0876. The lowest BCUT2D eigenvalue weighted by molar-refractivity contribution is -0.123. The Balaban J connectivity index is 1.51. The van der Waals surface area contributed by atoms with E-state index in [4.69, 9.17) is 5.10 Å². The molecule has 3 aromatic carbocycles. The lowest BCUT2D eigenvalue weighted by atomic mass is 9.99. The maximum atomic E-state index is 15.3. The summed E-state index contributed by atoms with van der Waals surface area (Å²) < 4.78 is 17.0. The van der Waals surface area contributed by atoms with Gasteiger partial charge in [0, 0.05) is 35.6 Å². The number of aromatic nitrogens is 3. The molecule has 0 aliphatic carbocycles. The van der Waals surface area contributed by atoms with Crippen molar-refractivity contribution < 1.29 is 14.0 Å². The number of thioether (sulfide) groups is 1. The van der Waals surface area contributed by atoms with Gasteiger partial charge in [0.25, 0.3) is 0 Å². The largest absolute Gasteiger partial charge is 0.350 e. The Morgan fingerprint density at radius 3 is 2.34 bits per heavy atom. The van der Waals surface area contributed by atoms with Gasteiger partial charge in [-0.2, -0.15) is 5.10 Å². The molecule has 0 fully saturated rings. The average molecular weight is 564 g/mol. The van der Waals surface area contributed by atoms with Gasteiger partial charge in [0.15, 0.2) is 0 Å². The molecule has 0 spiro atoms. The quantitative estimate of drug-likeness (QED) is 0.281. The number of nitrogens with zero attached hydrogens (tertiary/aromatic N) is 4. The molecule has 2 amide bonds. The summed E-state index contributed by atoms with van der Waals surface area (Å²) in [5.41, 5.74) is 4.22. The highest BCUT2D eigenvalue weighted by atomic mass is 32.2. The number of carbonyl (C=O) groups is 2. The van der Waals surface area contributed by atoms with Crippen molar-refractivity contribution in [3.63, 3.8) is 0 Å². The number of amides is 2. The van der Waals surface area contributed by atoms with Gasteiger partial charge >= 0.3 is 0 Å². The predicted molar refractivity (Wildman–Crippen MR) is 158 cm³/mol. The smallest absolute Gasteiger partial charge is 0.240 e. The van der Waals surface area contributed by atoms with Crippen molar-refractivity contribution in [2.75, 3.05) is 17.2 Å². The Kier molecular flexibility index (Phi) is 7.60. The Bertz CT molecular complexity index is 1680. The third kappa shape index (κ3) is 5.49. The first-order valence-electron chi connectivity index (χ1n) is 13.2. The summed E-state index contributed by atoms with van der Waals surface area (Å²) in [7, 11) is 0. The summed E-state index contributed by atoms with van der Waals surface area (Å²) in [5.74, 6) is -0.423. The van der Waals surface area contributed by atoms with Crippen LogP contribution in [0.15, 0.2) is 109 Å². The summed E-state index contributed by atoms with van der Waals surface area (Å²) in [6.07, 6.45) is 3.32. The van der Waals surface area contributed by atoms with E-state index < -0.39 is 5.25 Å². The van der Waals surface area contributed by atoms with Crippen molar-refractivity contribution in [3.05, 3.63) is 132 Å². The fourth-order valence-electron chi connectivity index (χ4n) is 4.91. The highest BCUT2D eigenvalue weighted by Crippen LogP contribution is 2.49. The van der Waals surface area contributed by atoms with Gasteiger partial charge in [0.2, 0.25) is 11.8 Å². The zero-order valence-electron chi connectivity index (χ0n) is 22.0. The number of pyridine rings is 1. The first-order chi connectivity index (χ1) is 20.1. The Labute approximate surface area is 241 Å². The molecule has 2 aromatic heterocycles. The van der Waals surface area contributed by atoms with E-state index in [1.54, 1.807) is 35.3 Å². The van der Waals surface area contributed by atoms with Gasteiger partial charge in [-0.1, -0.05) is 66.7 Å². The number of nitrogens with one attached hydrogen (secondary N) is 1. The topological polar surface area (TPSA) is 80.1 Å². The second-order valence-electron chi connectivity index (χ2n) is 9.52. The minimum absolute atomic E-state index is 0.0638. The molecule has 7 nitrogen and oxygen atoms in total. The lowest BCUT2D eigenvalue weighted by Crippen LogP contribution is -2.42. The molecule has 204 valence electrons. The SMILES string of the molecule is O=C(CN1C(=O)CSC(c2ccccc2F)c2c(-c3ccccc3)nn(-c3ccccc3)c21)NCc1ccncc1. The number of hydrogen-bond acceptors (Lipinski definition) is 5. The number of benzene rings is 3. The van der Waals surface area contributed by atoms with Crippen LogP contribution in [0.3, 0.4) is 0 Å². The van der Waals surface area contributed by atoms with Crippen LogP contribution < -0.4 is 10.2 Å². The molecule has 1 N–H and O–H groups in total. The van der Waals surface area contributed by atoms with E-state index in [1.807, 2.05) is 72.8 Å². The van der Waals surface area contributed by atoms with Gasteiger partial charge in [-0.25, -0.2) is 9.07 Å². The number of para-hydroxylation sites is 1. The molecule has 5 aromatic rings. The first kappa shape index (κ1) is 26.5. The van der Waals surface area contributed by atoms with Gasteiger partial charge in [-0.3, -0.25) is 19.5 Å². The molecule has 0 radical (unpaired) electrons. The molecular weight excluding hydrogens is 537 g/mol. The molecule has 3 heterocycles. The summed E-state index contributed by atoms with van der Waals surface area (Å²) in [4.78, 5) is 32.5. The van der Waals surface area contributed by atoms with Crippen LogP contribution in [0.2, 0.25) is 0 Å². The lowest BCUT2D eigenvalue weighted by Gasteiger charge is -2.23. The van der Waals surface area contributed by atoms with Crippen molar-refractivity contribution in [2.24, 2.45) is 0 Å². The van der Waals surface area contributed by atoms with Crippen LogP contribution in [-0.2, 0) is 16.1 Å². The number of fused-ring (bicyclic) bond motifs is 1. The predicted octanol–water partition coefficient (Wildman–Crippen LogP) is 5.56. The summed E-state index contributed by atoms with van der Waals surface area (Å²) in [5, 5.41) is 7.39. The molecule has 0 bridgehead atoms. The maximum absolute atomic E-state index is 15.3. The highest BCUT2D eigenvalue weighted by molar-refractivity contribution is 8.00. The van der Waals surface area contributed by atoms with Crippen LogP contribution in [0.25, 0.3) is 16.9 Å². The second-order valence-corrected chi connectivity index (χ2v) is 10.6. The maximum Gasteiger partial charge on any atom is 0.240 e. The van der Waals surface area contributed by atoms with Crippen LogP contribution in [0.1, 0.15) is 21.9 Å². The van der Waals surface area contributed by atoms with Crippen molar-refractivity contribution >= 4 is 29.4 Å². The highest BCUT2D eigenvalue weighted by Gasteiger charge is 2.38.